The van der Waals surface area contributed by atoms with E-state index in [-0.39, 0.29) is 0 Å². The number of nitrogens with zero attached hydrogens (tertiary/aromatic N) is 10. The standard InChI is InChI=1S/C74H40N10/c1-78-64-27-15-13-25-57(64)50-31-35-68-61(39-50)59-37-48(55-23-11-9-21-52(55)43-75)29-33-66(59)83(68)70-41-54(74-81-72(46-17-5-3-6-18-46)80-73(82-74)47-19-7-4-8-20-47)42-71(63(70)45-77)84-67-34-30-49(56-24-12-10-22-53(56)44-76)38-60(67)62-40-51(32-36-69(62)84)58-26-14-16-28-65(58)79-2/h3-42H. The van der Waals surface area contributed by atoms with Crippen molar-refractivity contribution in [3.8, 4) is 108 Å². The molecule has 0 unspecified atom stereocenters. The smallest absolute Gasteiger partial charge is 0.194 e. The number of nitriles is 3. The van der Waals surface area contributed by atoms with Crippen molar-refractivity contribution >= 4 is 55.0 Å². The fourth-order valence-electron chi connectivity index (χ4n) is 11.7. The van der Waals surface area contributed by atoms with Crippen LogP contribution in [-0.2, 0) is 0 Å². The van der Waals surface area contributed by atoms with Crippen molar-refractivity contribution in [1.82, 2.24) is 24.1 Å². The Labute approximate surface area is 482 Å². The van der Waals surface area contributed by atoms with Crippen LogP contribution in [0, 0.1) is 47.1 Å². The summed E-state index contributed by atoms with van der Waals surface area (Å²) in [6.45, 7) is 16.2. The molecule has 386 valence electrons. The van der Waals surface area contributed by atoms with Gasteiger partial charge in [0, 0.05) is 38.2 Å². The molecule has 0 aliphatic heterocycles. The molecule has 10 heteroatoms. The van der Waals surface area contributed by atoms with Crippen LogP contribution in [-0.4, -0.2) is 24.1 Å². The molecule has 0 spiro atoms. The van der Waals surface area contributed by atoms with Crippen LogP contribution in [0.25, 0.3) is 143 Å². The Morgan fingerprint density at radius 3 is 0.988 bits per heavy atom. The molecule has 84 heavy (non-hydrogen) atoms. The molecular weight excluding hydrogens is 1030 g/mol. The van der Waals surface area contributed by atoms with Crippen LogP contribution in [0.4, 0.5) is 11.4 Å². The van der Waals surface area contributed by atoms with Gasteiger partial charge in [0.15, 0.2) is 28.8 Å². The quantitative estimate of drug-likeness (QED) is 0.132. The molecule has 0 N–H and O–H groups in total. The summed E-state index contributed by atoms with van der Waals surface area (Å²) in [4.78, 5) is 23.4. The summed E-state index contributed by atoms with van der Waals surface area (Å²) in [5.41, 5.74) is 15.4. The van der Waals surface area contributed by atoms with Crippen molar-refractivity contribution in [3.63, 3.8) is 0 Å². The van der Waals surface area contributed by atoms with E-state index in [0.717, 1.165) is 99.2 Å². The second-order valence-electron chi connectivity index (χ2n) is 20.2. The third-order valence-electron chi connectivity index (χ3n) is 15.6. The first kappa shape index (κ1) is 49.8. The Morgan fingerprint density at radius 1 is 0.310 bits per heavy atom. The van der Waals surface area contributed by atoms with E-state index in [0.29, 0.717) is 62.5 Å². The van der Waals surface area contributed by atoms with Gasteiger partial charge in [-0.25, -0.2) is 24.6 Å². The summed E-state index contributed by atoms with van der Waals surface area (Å²) in [7, 11) is 0. The van der Waals surface area contributed by atoms with E-state index in [1.807, 2.05) is 206 Å². The maximum Gasteiger partial charge on any atom is 0.194 e. The van der Waals surface area contributed by atoms with Crippen molar-refractivity contribution in [2.75, 3.05) is 0 Å². The zero-order chi connectivity index (χ0) is 56.8. The van der Waals surface area contributed by atoms with E-state index in [9.17, 15) is 15.8 Å². The molecule has 3 aromatic heterocycles. The Balaban J connectivity index is 1.12. The number of benzene rings is 11. The van der Waals surface area contributed by atoms with Crippen molar-refractivity contribution in [3.05, 3.63) is 282 Å². The second kappa shape index (κ2) is 20.6. The molecule has 0 atom stereocenters. The fourth-order valence-corrected chi connectivity index (χ4v) is 11.7. The van der Waals surface area contributed by atoms with Gasteiger partial charge in [0.05, 0.1) is 69.9 Å². The minimum Gasteiger partial charge on any atom is -0.308 e. The van der Waals surface area contributed by atoms with Gasteiger partial charge in [0.25, 0.3) is 0 Å². The summed E-state index contributed by atoms with van der Waals surface area (Å²) in [5.74, 6) is 1.31. The minimum absolute atomic E-state index is 0.347. The molecule has 0 saturated heterocycles. The van der Waals surface area contributed by atoms with Crippen molar-refractivity contribution in [2.24, 2.45) is 0 Å². The average Bonchev–Trinajstić information content (AvgIpc) is 3.98. The number of hydrogen-bond acceptors (Lipinski definition) is 6. The van der Waals surface area contributed by atoms with Gasteiger partial charge < -0.3 is 9.13 Å². The Hall–Kier alpha value is -12.5. The second-order valence-corrected chi connectivity index (χ2v) is 20.2. The molecule has 14 aromatic rings. The zero-order valence-electron chi connectivity index (χ0n) is 44.6. The van der Waals surface area contributed by atoms with E-state index >= 15 is 0 Å². The summed E-state index contributed by atoms with van der Waals surface area (Å²) in [6, 6.07) is 86.1. The highest BCUT2D eigenvalue weighted by atomic mass is 15.1. The molecule has 11 aromatic carbocycles. The Morgan fingerprint density at radius 2 is 0.631 bits per heavy atom. The molecule has 0 bridgehead atoms. The van der Waals surface area contributed by atoms with Crippen molar-refractivity contribution < 1.29 is 0 Å². The maximum atomic E-state index is 12.1. The van der Waals surface area contributed by atoms with Gasteiger partial charge in [-0.3, -0.25) is 0 Å². The predicted octanol–water partition coefficient (Wildman–Crippen LogP) is 18.5. The zero-order valence-corrected chi connectivity index (χ0v) is 44.6. The number of para-hydroxylation sites is 2. The highest BCUT2D eigenvalue weighted by Crippen LogP contribution is 2.45. The van der Waals surface area contributed by atoms with Crippen molar-refractivity contribution in [2.45, 2.75) is 0 Å². The van der Waals surface area contributed by atoms with Gasteiger partial charge in [0.2, 0.25) is 0 Å². The summed E-state index contributed by atoms with van der Waals surface area (Å²) >= 11 is 0. The van der Waals surface area contributed by atoms with Gasteiger partial charge >= 0.3 is 0 Å². The van der Waals surface area contributed by atoms with Crippen molar-refractivity contribution in [1.29, 1.82) is 15.8 Å². The molecule has 10 nitrogen and oxygen atoms in total. The maximum absolute atomic E-state index is 12.1. The van der Waals surface area contributed by atoms with Crippen LogP contribution in [0.15, 0.2) is 243 Å². The lowest BCUT2D eigenvalue weighted by atomic mass is 9.97. The molecule has 0 saturated carbocycles. The predicted molar refractivity (Wildman–Crippen MR) is 333 cm³/mol. The first-order chi connectivity index (χ1) is 41.4. The first-order valence-electron chi connectivity index (χ1n) is 27.0. The first-order valence-corrected chi connectivity index (χ1v) is 27.0. The highest BCUT2D eigenvalue weighted by molar-refractivity contribution is 6.14. The summed E-state index contributed by atoms with van der Waals surface area (Å²) in [6.07, 6.45) is 0. The topological polar surface area (TPSA) is 129 Å². The van der Waals surface area contributed by atoms with Crippen LogP contribution in [0.3, 0.4) is 0 Å². The lowest BCUT2D eigenvalue weighted by molar-refractivity contribution is 1.06. The van der Waals surface area contributed by atoms with Gasteiger partial charge in [-0.1, -0.05) is 170 Å². The largest absolute Gasteiger partial charge is 0.308 e. The number of rotatable bonds is 9. The third kappa shape index (κ3) is 8.35. The van der Waals surface area contributed by atoms with Gasteiger partial charge in [-0.05, 0) is 117 Å². The Kier molecular flexibility index (Phi) is 12.2. The van der Waals surface area contributed by atoms with Crippen LogP contribution >= 0.6 is 0 Å². The minimum atomic E-state index is 0.347. The van der Waals surface area contributed by atoms with Crippen LogP contribution < -0.4 is 0 Å². The SMILES string of the molecule is [C-]#[N+]c1ccccc1-c1ccc2c(c1)c1cc(-c3ccccc3C#N)ccc1n2-c1cc(-c2nc(-c3ccccc3)nc(-c3ccccc3)n2)cc(-n2c3ccc(-c4ccccc4C#N)cc3c3cc(-c4ccccc4[N+]#[C-])ccc32)c1C#N. The number of aromatic nitrogens is 5. The molecule has 0 aliphatic rings. The van der Waals surface area contributed by atoms with Crippen LogP contribution in [0.1, 0.15) is 16.7 Å². The fraction of sp³-hybridized carbons (Fsp3) is 0. The average molecular weight is 1070 g/mol. The molecule has 0 amide bonds. The lowest BCUT2D eigenvalue weighted by Gasteiger charge is -2.18. The molecule has 14 rings (SSSR count). The Bertz CT molecular complexity index is 4720. The van der Waals surface area contributed by atoms with E-state index in [1.165, 1.54) is 0 Å². The van der Waals surface area contributed by atoms with Crippen LogP contribution in [0.5, 0.6) is 0 Å². The third-order valence-corrected chi connectivity index (χ3v) is 15.6. The number of hydrogen-bond donors (Lipinski definition) is 0. The monoisotopic (exact) mass is 1070 g/mol. The molecule has 0 fully saturated rings. The van der Waals surface area contributed by atoms with Gasteiger partial charge in [-0.15, -0.1) is 0 Å². The summed E-state index contributed by atoms with van der Waals surface area (Å²) in [5, 5.41) is 36.2. The molecular formula is C74H40N10. The van der Waals surface area contributed by atoms with Gasteiger partial charge in [-0.2, -0.15) is 15.8 Å². The normalized spacial score (nSPS) is 11.0. The van der Waals surface area contributed by atoms with Crippen LogP contribution in [0.2, 0.25) is 0 Å². The summed E-state index contributed by atoms with van der Waals surface area (Å²) < 4.78 is 4.25. The number of fused-ring (bicyclic) bond motifs is 6. The molecule has 0 aliphatic carbocycles. The molecule has 3 heterocycles. The van der Waals surface area contributed by atoms with Gasteiger partial charge in [0.1, 0.15) is 11.6 Å². The molecule has 0 radical (unpaired) electrons. The van der Waals surface area contributed by atoms with E-state index < -0.39 is 0 Å². The van der Waals surface area contributed by atoms with E-state index in [2.05, 4.69) is 73.4 Å². The van der Waals surface area contributed by atoms with E-state index in [4.69, 9.17) is 28.1 Å². The van der Waals surface area contributed by atoms with E-state index in [1.54, 1.807) is 0 Å². The lowest BCUT2D eigenvalue weighted by Crippen LogP contribution is -2.07. The highest BCUT2D eigenvalue weighted by Gasteiger charge is 2.26.